The molecule has 0 bridgehead atoms. The second-order valence-corrected chi connectivity index (χ2v) is 6.23. The highest BCUT2D eigenvalue weighted by molar-refractivity contribution is 5.89. The molecular formula is C19H22FN3O. The Morgan fingerprint density at radius 1 is 1.25 bits per heavy atom. The Morgan fingerprint density at radius 2 is 2.04 bits per heavy atom. The topological polar surface area (TPSA) is 44.4 Å². The maximum absolute atomic E-state index is 13.7. The highest BCUT2D eigenvalue weighted by Crippen LogP contribution is 2.23. The van der Waals surface area contributed by atoms with Gasteiger partial charge in [-0.2, -0.15) is 0 Å². The summed E-state index contributed by atoms with van der Waals surface area (Å²) in [6.45, 7) is 4.30. The van der Waals surface area contributed by atoms with Crippen molar-refractivity contribution >= 4 is 17.3 Å². The Morgan fingerprint density at radius 3 is 2.79 bits per heavy atom. The van der Waals surface area contributed by atoms with E-state index in [1.54, 1.807) is 12.1 Å². The molecule has 5 heteroatoms. The lowest BCUT2D eigenvalue weighted by molar-refractivity contribution is -0.114. The van der Waals surface area contributed by atoms with Gasteiger partial charge in [0.1, 0.15) is 5.82 Å². The van der Waals surface area contributed by atoms with Gasteiger partial charge in [-0.25, -0.2) is 4.39 Å². The summed E-state index contributed by atoms with van der Waals surface area (Å²) < 4.78 is 13.7. The summed E-state index contributed by atoms with van der Waals surface area (Å²) in [5.41, 5.74) is 2.35. The van der Waals surface area contributed by atoms with Crippen molar-refractivity contribution < 1.29 is 9.18 Å². The van der Waals surface area contributed by atoms with Crippen LogP contribution < -0.4 is 10.6 Å². The monoisotopic (exact) mass is 327 g/mol. The number of benzene rings is 2. The van der Waals surface area contributed by atoms with Gasteiger partial charge in [0.15, 0.2) is 0 Å². The number of carbonyl (C=O) groups is 1. The Labute approximate surface area is 141 Å². The summed E-state index contributed by atoms with van der Waals surface area (Å²) in [6, 6.07) is 15.5. The summed E-state index contributed by atoms with van der Waals surface area (Å²) in [6.07, 6.45) is 1.04. The second-order valence-electron chi connectivity index (χ2n) is 6.23. The molecule has 1 saturated heterocycles. The van der Waals surface area contributed by atoms with Gasteiger partial charge in [-0.05, 0) is 30.2 Å². The highest BCUT2D eigenvalue weighted by Gasteiger charge is 2.22. The smallest absolute Gasteiger partial charge is 0.221 e. The summed E-state index contributed by atoms with van der Waals surface area (Å²) in [5.74, 6) is -0.700. The lowest BCUT2D eigenvalue weighted by atomic mass is 10.2. The number of nitrogens with zero attached hydrogens (tertiary/aromatic N) is 1. The quantitative estimate of drug-likeness (QED) is 0.884. The van der Waals surface area contributed by atoms with Crippen LogP contribution in [-0.4, -0.2) is 29.9 Å². The van der Waals surface area contributed by atoms with Crippen molar-refractivity contribution in [3.8, 4) is 0 Å². The molecule has 24 heavy (non-hydrogen) atoms. The Kier molecular flexibility index (Phi) is 5.11. The maximum atomic E-state index is 13.7. The number of hydrogen-bond donors (Lipinski definition) is 2. The van der Waals surface area contributed by atoms with Crippen LogP contribution in [0.25, 0.3) is 0 Å². The van der Waals surface area contributed by atoms with Gasteiger partial charge < -0.3 is 10.6 Å². The Hall–Kier alpha value is -2.40. The van der Waals surface area contributed by atoms with Gasteiger partial charge in [0.25, 0.3) is 0 Å². The molecule has 0 spiro atoms. The fourth-order valence-electron chi connectivity index (χ4n) is 3.07. The van der Waals surface area contributed by atoms with Crippen LogP contribution in [0.4, 0.5) is 15.8 Å². The minimum absolute atomic E-state index is 0.214. The molecule has 4 nitrogen and oxygen atoms in total. The number of likely N-dealkylation sites (tertiary alicyclic amines) is 1. The standard InChI is InChI=1S/C19H22FN3O/c1-14(24)21-19-11-16(7-8-18(19)20)22-17-9-10-23(13-17)12-15-5-3-2-4-6-15/h2-8,11,17,22H,9-10,12-13H2,1H3,(H,21,24). The number of rotatable bonds is 5. The number of anilines is 2. The predicted octanol–water partition coefficient (Wildman–Crippen LogP) is 3.47. The molecule has 2 aromatic rings. The average Bonchev–Trinajstić information content (AvgIpc) is 2.98. The first-order valence-corrected chi connectivity index (χ1v) is 8.20. The molecule has 0 aromatic heterocycles. The van der Waals surface area contributed by atoms with Crippen molar-refractivity contribution in [3.05, 3.63) is 59.9 Å². The lowest BCUT2D eigenvalue weighted by Crippen LogP contribution is -2.26. The number of nitrogens with one attached hydrogen (secondary N) is 2. The number of carbonyl (C=O) groups excluding carboxylic acids is 1. The second kappa shape index (κ2) is 7.45. The van der Waals surface area contributed by atoms with Gasteiger partial charge >= 0.3 is 0 Å². The van der Waals surface area contributed by atoms with E-state index in [0.717, 1.165) is 31.7 Å². The summed E-state index contributed by atoms with van der Waals surface area (Å²) in [7, 11) is 0. The SMILES string of the molecule is CC(=O)Nc1cc(NC2CCN(Cc3ccccc3)C2)ccc1F. The van der Waals surface area contributed by atoms with Crippen molar-refractivity contribution in [1.82, 2.24) is 4.90 Å². The first-order valence-electron chi connectivity index (χ1n) is 8.20. The first kappa shape index (κ1) is 16.5. The molecule has 0 aliphatic carbocycles. The molecule has 1 aliphatic rings. The lowest BCUT2D eigenvalue weighted by Gasteiger charge is -2.18. The van der Waals surface area contributed by atoms with Gasteiger partial charge in [0.05, 0.1) is 5.69 Å². The van der Waals surface area contributed by atoms with E-state index in [9.17, 15) is 9.18 Å². The number of hydrogen-bond acceptors (Lipinski definition) is 3. The van der Waals surface area contributed by atoms with E-state index in [0.29, 0.717) is 6.04 Å². The summed E-state index contributed by atoms with van der Waals surface area (Å²) in [5, 5.41) is 5.95. The minimum Gasteiger partial charge on any atom is -0.381 e. The van der Waals surface area contributed by atoms with Crippen LogP contribution in [-0.2, 0) is 11.3 Å². The van der Waals surface area contributed by atoms with E-state index in [1.807, 2.05) is 6.07 Å². The predicted molar refractivity (Wildman–Crippen MR) is 94.5 cm³/mol. The largest absolute Gasteiger partial charge is 0.381 e. The van der Waals surface area contributed by atoms with E-state index < -0.39 is 5.82 Å². The van der Waals surface area contributed by atoms with Crippen LogP contribution in [0.3, 0.4) is 0 Å². The molecule has 126 valence electrons. The van der Waals surface area contributed by atoms with Crippen LogP contribution in [0.15, 0.2) is 48.5 Å². The maximum Gasteiger partial charge on any atom is 0.221 e. The number of halogens is 1. The van der Waals surface area contributed by atoms with Gasteiger partial charge in [-0.15, -0.1) is 0 Å². The first-order chi connectivity index (χ1) is 11.6. The molecule has 1 atom stereocenters. The third-order valence-corrected chi connectivity index (χ3v) is 4.17. The molecule has 1 heterocycles. The summed E-state index contributed by atoms with van der Waals surface area (Å²) >= 11 is 0. The van der Waals surface area contributed by atoms with Gasteiger partial charge in [0, 0.05) is 38.3 Å². The van der Waals surface area contributed by atoms with Gasteiger partial charge in [-0.1, -0.05) is 30.3 Å². The van der Waals surface area contributed by atoms with E-state index in [1.165, 1.54) is 18.6 Å². The van der Waals surface area contributed by atoms with Crippen molar-refractivity contribution in [2.24, 2.45) is 0 Å². The van der Waals surface area contributed by atoms with Crippen molar-refractivity contribution in [2.75, 3.05) is 23.7 Å². The molecule has 3 rings (SSSR count). The van der Waals surface area contributed by atoms with Crippen LogP contribution in [0, 0.1) is 5.82 Å². The van der Waals surface area contributed by atoms with Crippen LogP contribution in [0.1, 0.15) is 18.9 Å². The molecule has 0 saturated carbocycles. The molecule has 0 radical (unpaired) electrons. The fourth-order valence-corrected chi connectivity index (χ4v) is 3.07. The van der Waals surface area contributed by atoms with E-state index in [2.05, 4.69) is 39.8 Å². The zero-order chi connectivity index (χ0) is 16.9. The van der Waals surface area contributed by atoms with E-state index in [4.69, 9.17) is 0 Å². The van der Waals surface area contributed by atoms with Crippen LogP contribution in [0.5, 0.6) is 0 Å². The molecule has 1 amide bonds. The Bertz CT molecular complexity index is 705. The molecule has 2 N–H and O–H groups in total. The summed E-state index contributed by atoms with van der Waals surface area (Å²) in [4.78, 5) is 13.5. The molecule has 1 fully saturated rings. The van der Waals surface area contributed by atoms with E-state index in [-0.39, 0.29) is 11.6 Å². The number of amides is 1. The normalized spacial score (nSPS) is 17.7. The molecule has 1 unspecified atom stereocenters. The van der Waals surface area contributed by atoms with Crippen molar-refractivity contribution in [1.29, 1.82) is 0 Å². The Balaban J connectivity index is 1.58. The van der Waals surface area contributed by atoms with Crippen LogP contribution in [0.2, 0.25) is 0 Å². The average molecular weight is 327 g/mol. The minimum atomic E-state index is -0.423. The molecule has 1 aliphatic heterocycles. The third kappa shape index (κ3) is 4.32. The third-order valence-electron chi connectivity index (χ3n) is 4.17. The van der Waals surface area contributed by atoms with E-state index >= 15 is 0 Å². The van der Waals surface area contributed by atoms with Gasteiger partial charge in [0.2, 0.25) is 5.91 Å². The molecular weight excluding hydrogens is 305 g/mol. The zero-order valence-electron chi connectivity index (χ0n) is 13.8. The van der Waals surface area contributed by atoms with Crippen LogP contribution >= 0.6 is 0 Å². The van der Waals surface area contributed by atoms with Crippen molar-refractivity contribution in [2.45, 2.75) is 25.9 Å². The van der Waals surface area contributed by atoms with Crippen molar-refractivity contribution in [3.63, 3.8) is 0 Å². The van der Waals surface area contributed by atoms with Gasteiger partial charge in [-0.3, -0.25) is 9.69 Å². The molecule has 2 aromatic carbocycles. The fraction of sp³-hybridized carbons (Fsp3) is 0.316. The zero-order valence-corrected chi connectivity index (χ0v) is 13.8. The highest BCUT2D eigenvalue weighted by atomic mass is 19.1.